The molecule has 0 N–H and O–H groups in total. The molecule has 3 aromatic rings. The molecule has 104 valence electrons. The maximum Gasteiger partial charge on any atom is 0.120 e. The third kappa shape index (κ3) is 3.64. The normalized spacial score (nSPS) is 10.3. The van der Waals surface area contributed by atoms with Crippen LogP contribution in [-0.4, -0.2) is 0 Å². The first-order valence-corrected chi connectivity index (χ1v) is 7.92. The molecule has 0 saturated carbocycles. The molecule has 1 nitrogen and oxygen atoms in total. The third-order valence-electron chi connectivity index (χ3n) is 3.27. The van der Waals surface area contributed by atoms with Gasteiger partial charge in [-0.15, -0.1) is 0 Å². The second-order valence-corrected chi connectivity index (χ2v) is 5.94. The van der Waals surface area contributed by atoms with Crippen LogP contribution in [0.2, 0.25) is 0 Å². The van der Waals surface area contributed by atoms with E-state index in [0.717, 1.165) is 5.75 Å². The minimum Gasteiger partial charge on any atom is -0.489 e. The summed E-state index contributed by atoms with van der Waals surface area (Å²) >= 11 is 2.37. The number of hydrogen-bond donors (Lipinski definition) is 0. The van der Waals surface area contributed by atoms with E-state index in [-0.39, 0.29) is 0 Å². The Morgan fingerprint density at radius 3 is 2.33 bits per heavy atom. The Morgan fingerprint density at radius 1 is 0.762 bits per heavy atom. The average Bonchev–Trinajstić information content (AvgIpc) is 2.55. The minimum absolute atomic E-state index is 0.593. The zero-order valence-electron chi connectivity index (χ0n) is 11.5. The molecular formula is C19H15IO. The molecule has 0 aromatic heterocycles. The highest BCUT2D eigenvalue weighted by atomic mass is 127. The zero-order valence-corrected chi connectivity index (χ0v) is 13.7. The van der Waals surface area contributed by atoms with Crippen LogP contribution in [-0.2, 0) is 6.61 Å². The molecule has 0 aliphatic rings. The van der Waals surface area contributed by atoms with Crippen LogP contribution in [0.15, 0.2) is 78.9 Å². The van der Waals surface area contributed by atoms with E-state index in [0.29, 0.717) is 6.61 Å². The second-order valence-electron chi connectivity index (χ2n) is 4.78. The summed E-state index contributed by atoms with van der Waals surface area (Å²) in [4.78, 5) is 0. The lowest BCUT2D eigenvalue weighted by molar-refractivity contribution is 0.306. The van der Waals surface area contributed by atoms with Gasteiger partial charge >= 0.3 is 0 Å². The number of halogens is 1. The fourth-order valence-electron chi connectivity index (χ4n) is 2.19. The molecule has 0 atom stereocenters. The quantitative estimate of drug-likeness (QED) is 0.536. The second kappa shape index (κ2) is 6.76. The average molecular weight is 386 g/mol. The van der Waals surface area contributed by atoms with Gasteiger partial charge in [-0.05, 0) is 57.5 Å². The van der Waals surface area contributed by atoms with Crippen molar-refractivity contribution in [2.24, 2.45) is 0 Å². The Hall–Kier alpha value is -1.81. The van der Waals surface area contributed by atoms with Gasteiger partial charge in [-0.25, -0.2) is 0 Å². The van der Waals surface area contributed by atoms with Gasteiger partial charge in [0, 0.05) is 3.57 Å². The Labute approximate surface area is 138 Å². The molecule has 0 aliphatic carbocycles. The Balaban J connectivity index is 1.79. The monoisotopic (exact) mass is 386 g/mol. The molecule has 0 bridgehead atoms. The molecule has 0 amide bonds. The van der Waals surface area contributed by atoms with Gasteiger partial charge in [0.2, 0.25) is 0 Å². The summed E-state index contributed by atoms with van der Waals surface area (Å²) < 4.78 is 7.14. The zero-order chi connectivity index (χ0) is 14.5. The van der Waals surface area contributed by atoms with Crippen molar-refractivity contribution in [3.8, 4) is 16.9 Å². The fraction of sp³-hybridized carbons (Fsp3) is 0.0526. The third-order valence-corrected chi connectivity index (χ3v) is 4.21. The summed E-state index contributed by atoms with van der Waals surface area (Å²) in [6, 6.07) is 26.9. The maximum absolute atomic E-state index is 5.89. The van der Waals surface area contributed by atoms with Crippen molar-refractivity contribution in [1.82, 2.24) is 0 Å². The molecule has 2 heteroatoms. The SMILES string of the molecule is Ic1ccccc1-c1cccc(OCc2ccccc2)c1. The predicted octanol–water partition coefficient (Wildman–Crippen LogP) is 5.54. The Kier molecular flexibility index (Phi) is 4.55. The molecule has 0 unspecified atom stereocenters. The predicted molar refractivity (Wildman–Crippen MR) is 95.4 cm³/mol. The maximum atomic E-state index is 5.89. The van der Waals surface area contributed by atoms with E-state index in [9.17, 15) is 0 Å². The molecule has 3 aromatic carbocycles. The van der Waals surface area contributed by atoms with Gasteiger partial charge in [-0.2, -0.15) is 0 Å². The molecule has 21 heavy (non-hydrogen) atoms. The van der Waals surface area contributed by atoms with Gasteiger partial charge in [0.1, 0.15) is 12.4 Å². The highest BCUT2D eigenvalue weighted by Crippen LogP contribution is 2.28. The lowest BCUT2D eigenvalue weighted by Crippen LogP contribution is -1.95. The molecule has 0 aliphatic heterocycles. The Bertz CT molecular complexity index is 722. The van der Waals surface area contributed by atoms with Gasteiger partial charge in [0.05, 0.1) is 0 Å². The van der Waals surface area contributed by atoms with Crippen LogP contribution in [0.1, 0.15) is 5.56 Å². The summed E-state index contributed by atoms with van der Waals surface area (Å²) in [6.07, 6.45) is 0. The highest BCUT2D eigenvalue weighted by Gasteiger charge is 2.03. The van der Waals surface area contributed by atoms with Crippen molar-refractivity contribution in [3.05, 3.63) is 88.0 Å². The van der Waals surface area contributed by atoms with E-state index in [1.807, 2.05) is 30.3 Å². The van der Waals surface area contributed by atoms with Crippen molar-refractivity contribution >= 4 is 22.6 Å². The molecule has 3 rings (SSSR count). The van der Waals surface area contributed by atoms with E-state index in [1.54, 1.807) is 0 Å². The molecular weight excluding hydrogens is 371 g/mol. The van der Waals surface area contributed by atoms with Crippen LogP contribution in [0.4, 0.5) is 0 Å². The number of hydrogen-bond acceptors (Lipinski definition) is 1. The largest absolute Gasteiger partial charge is 0.489 e. The van der Waals surface area contributed by atoms with Crippen molar-refractivity contribution in [2.75, 3.05) is 0 Å². The van der Waals surface area contributed by atoms with Gasteiger partial charge < -0.3 is 4.74 Å². The smallest absolute Gasteiger partial charge is 0.120 e. The standard InChI is InChI=1S/C19H15IO/c20-19-12-5-4-11-18(19)16-9-6-10-17(13-16)21-14-15-7-2-1-3-8-15/h1-13H,14H2. The van der Waals surface area contributed by atoms with Crippen LogP contribution in [0.25, 0.3) is 11.1 Å². The van der Waals surface area contributed by atoms with E-state index in [2.05, 4.69) is 71.1 Å². The lowest BCUT2D eigenvalue weighted by atomic mass is 10.1. The van der Waals surface area contributed by atoms with Crippen molar-refractivity contribution in [2.45, 2.75) is 6.61 Å². The van der Waals surface area contributed by atoms with Crippen molar-refractivity contribution in [3.63, 3.8) is 0 Å². The van der Waals surface area contributed by atoms with Crippen LogP contribution in [0.3, 0.4) is 0 Å². The van der Waals surface area contributed by atoms with Crippen molar-refractivity contribution < 1.29 is 4.74 Å². The molecule has 0 fully saturated rings. The topological polar surface area (TPSA) is 9.23 Å². The molecule has 0 radical (unpaired) electrons. The van der Waals surface area contributed by atoms with Gasteiger partial charge in [-0.3, -0.25) is 0 Å². The molecule has 0 saturated heterocycles. The van der Waals surface area contributed by atoms with E-state index < -0.39 is 0 Å². The van der Waals surface area contributed by atoms with Crippen LogP contribution >= 0.6 is 22.6 Å². The molecule has 0 heterocycles. The first-order chi connectivity index (χ1) is 10.3. The number of rotatable bonds is 4. The Morgan fingerprint density at radius 2 is 1.52 bits per heavy atom. The van der Waals surface area contributed by atoms with Crippen LogP contribution in [0.5, 0.6) is 5.75 Å². The van der Waals surface area contributed by atoms with E-state index in [4.69, 9.17) is 4.74 Å². The van der Waals surface area contributed by atoms with E-state index in [1.165, 1.54) is 20.3 Å². The summed E-state index contributed by atoms with van der Waals surface area (Å²) in [5.41, 5.74) is 3.60. The number of ether oxygens (including phenoxy) is 1. The summed E-state index contributed by atoms with van der Waals surface area (Å²) in [5.74, 6) is 0.899. The summed E-state index contributed by atoms with van der Waals surface area (Å²) in [7, 11) is 0. The first kappa shape index (κ1) is 14.1. The van der Waals surface area contributed by atoms with Gasteiger partial charge in [0.25, 0.3) is 0 Å². The van der Waals surface area contributed by atoms with Gasteiger partial charge in [0.15, 0.2) is 0 Å². The fourth-order valence-corrected chi connectivity index (χ4v) is 2.89. The summed E-state index contributed by atoms with van der Waals surface area (Å²) in [6.45, 7) is 0.593. The molecule has 0 spiro atoms. The minimum atomic E-state index is 0.593. The lowest BCUT2D eigenvalue weighted by Gasteiger charge is -2.09. The number of benzene rings is 3. The van der Waals surface area contributed by atoms with Crippen molar-refractivity contribution in [1.29, 1.82) is 0 Å². The van der Waals surface area contributed by atoms with E-state index >= 15 is 0 Å². The van der Waals surface area contributed by atoms with Crippen LogP contribution in [0, 0.1) is 3.57 Å². The van der Waals surface area contributed by atoms with Crippen LogP contribution < -0.4 is 4.74 Å². The summed E-state index contributed by atoms with van der Waals surface area (Å²) in [5, 5.41) is 0. The highest BCUT2D eigenvalue weighted by molar-refractivity contribution is 14.1. The van der Waals surface area contributed by atoms with Gasteiger partial charge in [-0.1, -0.05) is 60.7 Å². The first-order valence-electron chi connectivity index (χ1n) is 6.84.